The molecule has 9 heteroatoms. The van der Waals surface area contributed by atoms with Crippen molar-refractivity contribution in [2.45, 2.75) is 19.7 Å². The number of hydrogen-bond donors (Lipinski definition) is 1. The Kier molecular flexibility index (Phi) is 5.67. The second kappa shape index (κ2) is 8.17. The molecule has 0 saturated heterocycles. The van der Waals surface area contributed by atoms with Gasteiger partial charge < -0.3 is 14.8 Å². The molecule has 1 N–H and O–H groups in total. The van der Waals surface area contributed by atoms with Crippen LogP contribution in [0.5, 0.6) is 17.2 Å². The number of nitrogens with zero attached hydrogens (tertiary/aromatic N) is 1. The Hall–Kier alpha value is -3.62. The molecule has 150 valence electrons. The van der Waals surface area contributed by atoms with Crippen molar-refractivity contribution in [2.75, 3.05) is 0 Å². The van der Waals surface area contributed by atoms with Gasteiger partial charge in [-0.2, -0.15) is 0 Å². The van der Waals surface area contributed by atoms with E-state index >= 15 is 0 Å². The van der Waals surface area contributed by atoms with Crippen LogP contribution in [0.15, 0.2) is 60.5 Å². The van der Waals surface area contributed by atoms with Gasteiger partial charge in [0.2, 0.25) is 0 Å². The zero-order valence-corrected chi connectivity index (χ0v) is 15.1. The molecule has 0 atom stereocenters. The second-order valence-corrected chi connectivity index (χ2v) is 6.02. The summed E-state index contributed by atoms with van der Waals surface area (Å²) in [6, 6.07) is 6.37. The average Bonchev–Trinajstić information content (AvgIpc) is 2.63. The molecule has 1 aromatic carbocycles. The van der Waals surface area contributed by atoms with Crippen molar-refractivity contribution >= 4 is 11.7 Å². The number of aryl methyl sites for hydroxylation is 1. The molecule has 0 saturated carbocycles. The van der Waals surface area contributed by atoms with Gasteiger partial charge in [0, 0.05) is 24.4 Å². The van der Waals surface area contributed by atoms with Crippen molar-refractivity contribution in [2.24, 2.45) is 0 Å². The van der Waals surface area contributed by atoms with Gasteiger partial charge >= 0.3 is 6.36 Å². The van der Waals surface area contributed by atoms with Crippen LogP contribution in [-0.4, -0.2) is 23.0 Å². The summed E-state index contributed by atoms with van der Waals surface area (Å²) >= 11 is 0. The third-order valence-corrected chi connectivity index (χ3v) is 3.80. The highest BCUT2D eigenvalue weighted by atomic mass is 19.4. The van der Waals surface area contributed by atoms with Crippen molar-refractivity contribution in [3.8, 4) is 17.2 Å². The first kappa shape index (κ1) is 20.1. The van der Waals surface area contributed by atoms with Crippen LogP contribution < -0.4 is 14.8 Å². The van der Waals surface area contributed by atoms with Gasteiger partial charge in [0.15, 0.2) is 5.78 Å². The van der Waals surface area contributed by atoms with E-state index in [1.165, 1.54) is 18.2 Å². The molecule has 29 heavy (non-hydrogen) atoms. The van der Waals surface area contributed by atoms with Gasteiger partial charge in [0.25, 0.3) is 5.91 Å². The fourth-order valence-electron chi connectivity index (χ4n) is 2.53. The van der Waals surface area contributed by atoms with Crippen LogP contribution in [0.3, 0.4) is 0 Å². The van der Waals surface area contributed by atoms with E-state index < -0.39 is 18.0 Å². The number of ketones is 1. The van der Waals surface area contributed by atoms with Gasteiger partial charge in [0.05, 0.1) is 11.3 Å². The molecule has 1 heterocycles. The number of aromatic nitrogens is 1. The minimum absolute atomic E-state index is 0.000148. The zero-order valence-electron chi connectivity index (χ0n) is 15.1. The van der Waals surface area contributed by atoms with Crippen molar-refractivity contribution in [1.29, 1.82) is 0 Å². The van der Waals surface area contributed by atoms with Gasteiger partial charge in [-0.1, -0.05) is 6.08 Å². The Bertz CT molecular complexity index is 1010. The number of rotatable bonds is 5. The standard InChI is InChI=1S/C20H15F3N2O4/c1-12-17(6-3-9-24-12)28-18-8-7-15(29-20(21,22)23)11-16(18)19(27)25-13-4-2-5-14(26)10-13/h2-4,6-11H,5H2,1H3,(H,25,27). The van der Waals surface area contributed by atoms with Crippen molar-refractivity contribution in [1.82, 2.24) is 10.3 Å². The van der Waals surface area contributed by atoms with Crippen molar-refractivity contribution in [3.63, 3.8) is 0 Å². The van der Waals surface area contributed by atoms with Gasteiger partial charge in [-0.15, -0.1) is 13.2 Å². The quantitative estimate of drug-likeness (QED) is 0.807. The van der Waals surface area contributed by atoms with E-state index in [4.69, 9.17) is 4.74 Å². The number of carbonyl (C=O) groups excluding carboxylic acids is 2. The highest BCUT2D eigenvalue weighted by Gasteiger charge is 2.31. The third-order valence-electron chi connectivity index (χ3n) is 3.80. The normalized spacial score (nSPS) is 13.7. The highest BCUT2D eigenvalue weighted by Crippen LogP contribution is 2.32. The topological polar surface area (TPSA) is 77.5 Å². The number of halogens is 3. The number of carbonyl (C=O) groups is 2. The van der Waals surface area contributed by atoms with Crippen molar-refractivity contribution in [3.05, 3.63) is 71.7 Å². The smallest absolute Gasteiger partial charge is 0.455 e. The molecule has 0 spiro atoms. The Balaban J connectivity index is 1.94. The minimum Gasteiger partial charge on any atom is -0.455 e. The monoisotopic (exact) mass is 404 g/mol. The first-order chi connectivity index (χ1) is 13.7. The number of hydrogen-bond acceptors (Lipinski definition) is 5. The first-order valence-electron chi connectivity index (χ1n) is 8.43. The van der Waals surface area contributed by atoms with Gasteiger partial charge in [-0.25, -0.2) is 0 Å². The van der Waals surface area contributed by atoms with E-state index in [9.17, 15) is 22.8 Å². The second-order valence-electron chi connectivity index (χ2n) is 6.02. The van der Waals surface area contributed by atoms with Gasteiger partial charge in [-0.05, 0) is 43.3 Å². The summed E-state index contributed by atoms with van der Waals surface area (Å²) in [6.45, 7) is 1.68. The molecule has 6 nitrogen and oxygen atoms in total. The maximum atomic E-state index is 12.7. The fraction of sp³-hybridized carbons (Fsp3) is 0.150. The molecule has 3 rings (SSSR count). The lowest BCUT2D eigenvalue weighted by Crippen LogP contribution is -2.24. The van der Waals surface area contributed by atoms with Crippen LogP contribution in [0.4, 0.5) is 13.2 Å². The number of benzene rings is 1. The zero-order chi connectivity index (χ0) is 21.0. The maximum absolute atomic E-state index is 12.7. The molecule has 0 bridgehead atoms. The molecule has 1 aliphatic carbocycles. The van der Waals surface area contributed by atoms with E-state index in [1.54, 1.807) is 31.3 Å². The van der Waals surface area contributed by atoms with Crippen LogP contribution >= 0.6 is 0 Å². The molecular weight excluding hydrogens is 389 g/mol. The maximum Gasteiger partial charge on any atom is 0.573 e. The summed E-state index contributed by atoms with van der Waals surface area (Å²) in [7, 11) is 0. The van der Waals surface area contributed by atoms with Crippen molar-refractivity contribution < 1.29 is 32.2 Å². The van der Waals surface area contributed by atoms with E-state index in [1.807, 2.05) is 0 Å². The molecule has 0 unspecified atom stereocenters. The van der Waals surface area contributed by atoms with Crippen LogP contribution in [0.25, 0.3) is 0 Å². The molecule has 0 radical (unpaired) electrons. The Labute approximate surface area is 163 Å². The van der Waals surface area contributed by atoms with E-state index in [0.29, 0.717) is 11.4 Å². The largest absolute Gasteiger partial charge is 0.573 e. The predicted octanol–water partition coefficient (Wildman–Crippen LogP) is 4.22. The lowest BCUT2D eigenvalue weighted by atomic mass is 10.1. The predicted molar refractivity (Wildman–Crippen MR) is 96.5 cm³/mol. The van der Waals surface area contributed by atoms with Crippen LogP contribution in [-0.2, 0) is 4.79 Å². The molecule has 0 aliphatic heterocycles. The molecular formula is C20H15F3N2O4. The molecule has 1 amide bonds. The van der Waals surface area contributed by atoms with Gasteiger partial charge in [-0.3, -0.25) is 14.6 Å². The number of alkyl halides is 3. The van der Waals surface area contributed by atoms with Crippen LogP contribution in [0.1, 0.15) is 22.5 Å². The average molecular weight is 404 g/mol. The summed E-state index contributed by atoms with van der Waals surface area (Å²) in [5.74, 6) is -1.22. The Morgan fingerprint density at radius 3 is 2.69 bits per heavy atom. The Morgan fingerprint density at radius 1 is 1.21 bits per heavy atom. The summed E-state index contributed by atoms with van der Waals surface area (Å²) in [4.78, 5) is 28.3. The van der Waals surface area contributed by atoms with Gasteiger partial charge in [0.1, 0.15) is 17.2 Å². The minimum atomic E-state index is -4.92. The molecule has 1 aromatic heterocycles. The SMILES string of the molecule is Cc1ncccc1Oc1ccc(OC(F)(F)F)cc1C(=O)NC1=CC(=O)CC=C1. The lowest BCUT2D eigenvalue weighted by molar-refractivity contribution is -0.274. The first-order valence-corrected chi connectivity index (χ1v) is 8.43. The lowest BCUT2D eigenvalue weighted by Gasteiger charge is -2.16. The van der Waals surface area contributed by atoms with Crippen LogP contribution in [0, 0.1) is 6.92 Å². The number of nitrogens with one attached hydrogen (secondary N) is 1. The summed E-state index contributed by atoms with van der Waals surface area (Å²) in [6.07, 6.45) is 1.17. The molecule has 2 aromatic rings. The van der Waals surface area contributed by atoms with E-state index in [0.717, 1.165) is 12.1 Å². The Morgan fingerprint density at radius 2 is 2.00 bits per heavy atom. The van der Waals surface area contributed by atoms with E-state index in [-0.39, 0.29) is 29.2 Å². The number of ether oxygens (including phenoxy) is 2. The third kappa shape index (κ3) is 5.44. The molecule has 0 fully saturated rings. The highest BCUT2D eigenvalue weighted by molar-refractivity contribution is 6.00. The summed E-state index contributed by atoms with van der Waals surface area (Å²) < 4.78 is 47.3. The number of allylic oxidation sites excluding steroid dienone is 3. The van der Waals surface area contributed by atoms with E-state index in [2.05, 4.69) is 15.0 Å². The summed E-state index contributed by atoms with van der Waals surface area (Å²) in [5.41, 5.74) is 0.539. The fourth-order valence-corrected chi connectivity index (χ4v) is 2.53. The molecule has 1 aliphatic rings. The number of pyridine rings is 1. The number of amides is 1. The van der Waals surface area contributed by atoms with Crippen LogP contribution in [0.2, 0.25) is 0 Å². The summed E-state index contributed by atoms with van der Waals surface area (Å²) in [5, 5.41) is 2.48.